The van der Waals surface area contributed by atoms with E-state index >= 15 is 0 Å². The molecule has 23 heavy (non-hydrogen) atoms. The third-order valence-electron chi connectivity index (χ3n) is 4.83. The normalized spacial score (nSPS) is 25.1. The Morgan fingerprint density at radius 3 is 3.13 bits per heavy atom. The number of rotatable bonds is 5. The minimum atomic E-state index is -0.109. The predicted octanol–water partition coefficient (Wildman–Crippen LogP) is 2.19. The van der Waals surface area contributed by atoms with Crippen molar-refractivity contribution in [3.05, 3.63) is 22.4 Å². The fourth-order valence-corrected chi connectivity index (χ4v) is 4.18. The van der Waals surface area contributed by atoms with E-state index in [1.807, 2.05) is 6.07 Å². The zero-order chi connectivity index (χ0) is 16.3. The topological polar surface area (TPSA) is 53.6 Å². The van der Waals surface area contributed by atoms with Crippen molar-refractivity contribution in [1.29, 1.82) is 0 Å². The lowest BCUT2D eigenvalue weighted by molar-refractivity contribution is -0.0457. The van der Waals surface area contributed by atoms with Crippen molar-refractivity contribution in [2.45, 2.75) is 44.2 Å². The van der Waals surface area contributed by atoms with Gasteiger partial charge in [0.25, 0.3) is 0 Å². The number of hydrogen-bond acceptors (Lipinski definition) is 4. The zero-order valence-electron chi connectivity index (χ0n) is 14.0. The fourth-order valence-electron chi connectivity index (χ4n) is 3.33. The van der Waals surface area contributed by atoms with Crippen LogP contribution < -0.4 is 10.6 Å². The van der Waals surface area contributed by atoms with E-state index in [2.05, 4.69) is 40.8 Å². The summed E-state index contributed by atoms with van der Waals surface area (Å²) in [5.41, 5.74) is -0.0460. The van der Waals surface area contributed by atoms with E-state index in [-0.39, 0.29) is 17.6 Å². The molecule has 0 radical (unpaired) electrons. The van der Waals surface area contributed by atoms with Gasteiger partial charge in [0.1, 0.15) is 0 Å². The second-order valence-corrected chi connectivity index (χ2v) is 8.12. The lowest BCUT2D eigenvalue weighted by Gasteiger charge is -2.35. The van der Waals surface area contributed by atoms with Crippen molar-refractivity contribution in [2.75, 3.05) is 32.8 Å². The summed E-state index contributed by atoms with van der Waals surface area (Å²) in [6, 6.07) is 4.66. The zero-order valence-corrected chi connectivity index (χ0v) is 14.8. The first-order valence-corrected chi connectivity index (χ1v) is 9.34. The largest absolute Gasteiger partial charge is 0.373 e. The maximum absolute atomic E-state index is 12.0. The molecule has 2 atom stereocenters. The lowest BCUT2D eigenvalue weighted by Crippen LogP contribution is -2.51. The van der Waals surface area contributed by atoms with E-state index in [4.69, 9.17) is 4.74 Å². The van der Waals surface area contributed by atoms with Gasteiger partial charge in [-0.15, -0.1) is 11.3 Å². The van der Waals surface area contributed by atoms with Gasteiger partial charge in [0.15, 0.2) is 0 Å². The highest BCUT2D eigenvalue weighted by Crippen LogP contribution is 2.26. The van der Waals surface area contributed by atoms with Crippen LogP contribution in [0.5, 0.6) is 0 Å². The van der Waals surface area contributed by atoms with Crippen LogP contribution in [0.25, 0.3) is 0 Å². The highest BCUT2D eigenvalue weighted by Gasteiger charge is 2.32. The van der Waals surface area contributed by atoms with Crippen LogP contribution in [0.4, 0.5) is 4.79 Å². The van der Waals surface area contributed by atoms with E-state index in [0.717, 1.165) is 13.2 Å². The van der Waals surface area contributed by atoms with Crippen molar-refractivity contribution in [3.63, 3.8) is 0 Å². The molecule has 3 heterocycles. The number of morpholine rings is 1. The van der Waals surface area contributed by atoms with Crippen LogP contribution in [0.3, 0.4) is 0 Å². The maximum Gasteiger partial charge on any atom is 0.314 e. The van der Waals surface area contributed by atoms with Crippen molar-refractivity contribution in [1.82, 2.24) is 15.5 Å². The Balaban J connectivity index is 1.38. The van der Waals surface area contributed by atoms with Gasteiger partial charge in [0.05, 0.1) is 12.7 Å². The van der Waals surface area contributed by atoms with E-state index in [9.17, 15) is 4.79 Å². The average molecular weight is 337 g/mol. The van der Waals surface area contributed by atoms with E-state index in [1.165, 1.54) is 24.3 Å². The SMILES string of the molecule is CC(C)(CNC(=O)NC[C@@H]1CN2CCC[C@H]2CO1)c1cccs1. The van der Waals surface area contributed by atoms with Crippen LogP contribution in [0.2, 0.25) is 0 Å². The summed E-state index contributed by atoms with van der Waals surface area (Å²) in [6.07, 6.45) is 2.63. The van der Waals surface area contributed by atoms with Gasteiger partial charge in [-0.25, -0.2) is 4.79 Å². The Morgan fingerprint density at radius 2 is 2.35 bits per heavy atom. The molecule has 2 aliphatic heterocycles. The van der Waals surface area contributed by atoms with Crippen molar-refractivity contribution in [3.8, 4) is 0 Å². The van der Waals surface area contributed by atoms with Crippen LogP contribution in [0.15, 0.2) is 17.5 Å². The molecule has 128 valence electrons. The number of nitrogens with one attached hydrogen (secondary N) is 2. The molecule has 2 aliphatic rings. The molecule has 0 saturated carbocycles. The smallest absolute Gasteiger partial charge is 0.314 e. The fraction of sp³-hybridized carbons (Fsp3) is 0.706. The summed E-state index contributed by atoms with van der Waals surface area (Å²) < 4.78 is 5.86. The molecule has 6 heteroatoms. The molecule has 1 aromatic rings. The standard InChI is InChI=1S/C17H27N3O2S/c1-17(2,15-6-4-8-23-15)12-19-16(21)18-9-14-10-20-7-3-5-13(20)11-22-14/h4,6,8,13-14H,3,5,7,9-12H2,1-2H3,(H2,18,19,21)/t13-,14+/m0/s1. The Bertz CT molecular complexity index is 518. The molecule has 5 nitrogen and oxygen atoms in total. The molecule has 0 spiro atoms. The summed E-state index contributed by atoms with van der Waals surface area (Å²) in [6.45, 7) is 8.41. The van der Waals surface area contributed by atoms with E-state index in [0.29, 0.717) is 19.1 Å². The quantitative estimate of drug-likeness (QED) is 0.866. The van der Waals surface area contributed by atoms with Gasteiger partial charge in [-0.2, -0.15) is 0 Å². The Kier molecular flexibility index (Phi) is 5.24. The van der Waals surface area contributed by atoms with Crippen LogP contribution in [-0.2, 0) is 10.2 Å². The van der Waals surface area contributed by atoms with Crippen molar-refractivity contribution in [2.24, 2.45) is 0 Å². The maximum atomic E-state index is 12.0. The number of fused-ring (bicyclic) bond motifs is 1. The summed E-state index contributed by atoms with van der Waals surface area (Å²) >= 11 is 1.73. The van der Waals surface area contributed by atoms with Crippen molar-refractivity contribution >= 4 is 17.4 Å². The van der Waals surface area contributed by atoms with E-state index < -0.39 is 0 Å². The molecule has 0 bridgehead atoms. The molecule has 2 saturated heterocycles. The summed E-state index contributed by atoms with van der Waals surface area (Å²) in [5.74, 6) is 0. The molecule has 1 aromatic heterocycles. The van der Waals surface area contributed by atoms with E-state index in [1.54, 1.807) is 11.3 Å². The molecular weight excluding hydrogens is 310 g/mol. The first kappa shape index (κ1) is 16.7. The monoisotopic (exact) mass is 337 g/mol. The third-order valence-corrected chi connectivity index (χ3v) is 6.07. The first-order chi connectivity index (χ1) is 11.0. The van der Waals surface area contributed by atoms with Crippen LogP contribution in [0.1, 0.15) is 31.6 Å². The number of hydrogen-bond donors (Lipinski definition) is 2. The second-order valence-electron chi connectivity index (χ2n) is 7.17. The highest BCUT2D eigenvalue weighted by atomic mass is 32.1. The van der Waals surface area contributed by atoms with Gasteiger partial charge < -0.3 is 15.4 Å². The van der Waals surface area contributed by atoms with Gasteiger partial charge >= 0.3 is 6.03 Å². The molecule has 0 unspecified atom stereocenters. The second kappa shape index (κ2) is 7.20. The van der Waals surface area contributed by atoms with Crippen LogP contribution in [-0.4, -0.2) is 55.9 Å². The van der Waals surface area contributed by atoms with Gasteiger partial charge in [-0.3, -0.25) is 4.90 Å². The minimum Gasteiger partial charge on any atom is -0.373 e. The summed E-state index contributed by atoms with van der Waals surface area (Å²) in [4.78, 5) is 15.8. The Hall–Kier alpha value is -1.11. The van der Waals surface area contributed by atoms with Gasteiger partial charge in [-0.1, -0.05) is 19.9 Å². The van der Waals surface area contributed by atoms with Gasteiger partial charge in [0, 0.05) is 36.0 Å². The van der Waals surface area contributed by atoms with Crippen LogP contribution in [0, 0.1) is 0 Å². The average Bonchev–Trinajstić information content (AvgIpc) is 3.21. The van der Waals surface area contributed by atoms with Gasteiger partial charge in [-0.05, 0) is 30.8 Å². The molecule has 2 N–H and O–H groups in total. The number of thiophene rings is 1. The molecular formula is C17H27N3O2S. The number of amides is 2. The van der Waals surface area contributed by atoms with Crippen LogP contribution >= 0.6 is 11.3 Å². The number of ether oxygens (including phenoxy) is 1. The summed E-state index contributed by atoms with van der Waals surface area (Å²) in [5, 5.41) is 8.01. The lowest BCUT2D eigenvalue weighted by atomic mass is 9.91. The number of nitrogens with zero attached hydrogens (tertiary/aromatic N) is 1. The summed E-state index contributed by atoms with van der Waals surface area (Å²) in [7, 11) is 0. The Labute approximate surface area is 142 Å². The predicted molar refractivity (Wildman–Crippen MR) is 93.1 cm³/mol. The number of carbonyl (C=O) groups is 1. The first-order valence-electron chi connectivity index (χ1n) is 8.46. The molecule has 0 aliphatic carbocycles. The minimum absolute atomic E-state index is 0.0460. The molecule has 3 rings (SSSR count). The molecule has 2 amide bonds. The number of carbonyl (C=O) groups excluding carboxylic acids is 1. The highest BCUT2D eigenvalue weighted by molar-refractivity contribution is 7.10. The third kappa shape index (κ3) is 4.25. The van der Waals surface area contributed by atoms with Gasteiger partial charge in [0.2, 0.25) is 0 Å². The molecule has 2 fully saturated rings. The number of urea groups is 1. The molecule has 0 aromatic carbocycles. The Morgan fingerprint density at radius 1 is 1.48 bits per heavy atom. The van der Waals surface area contributed by atoms with Crippen molar-refractivity contribution < 1.29 is 9.53 Å².